The number of methoxy groups -OCH3 is 1. The van der Waals surface area contributed by atoms with Crippen LogP contribution in [0.4, 0.5) is 0 Å². The van der Waals surface area contributed by atoms with Gasteiger partial charge in [0.15, 0.2) is 0 Å². The summed E-state index contributed by atoms with van der Waals surface area (Å²) < 4.78 is 4.83. The molecule has 1 fully saturated rings. The Bertz CT molecular complexity index is 776. The predicted molar refractivity (Wildman–Crippen MR) is 102 cm³/mol. The van der Waals surface area contributed by atoms with Gasteiger partial charge in [0.25, 0.3) is 5.91 Å². The monoisotopic (exact) mass is 349 g/mol. The maximum Gasteiger partial charge on any atom is 0.308 e. The highest BCUT2D eigenvalue weighted by Crippen LogP contribution is 2.25. The van der Waals surface area contributed by atoms with Gasteiger partial charge in [-0.3, -0.25) is 9.59 Å². The van der Waals surface area contributed by atoms with Crippen LogP contribution in [0.25, 0.3) is 11.6 Å². The van der Waals surface area contributed by atoms with Gasteiger partial charge in [0.2, 0.25) is 0 Å². The molecular weight excluding hydrogens is 326 g/mol. The van der Waals surface area contributed by atoms with Gasteiger partial charge >= 0.3 is 5.97 Å². The van der Waals surface area contributed by atoms with E-state index in [4.69, 9.17) is 4.74 Å². The van der Waals surface area contributed by atoms with E-state index >= 15 is 0 Å². The number of nitrogens with zero attached hydrogens (tertiary/aromatic N) is 1. The Balaban J connectivity index is 1.83. The van der Waals surface area contributed by atoms with Crippen LogP contribution in [0.15, 0.2) is 60.7 Å². The fraction of sp³-hybridized carbons (Fsp3) is 0.273. The minimum atomic E-state index is -0.180. The van der Waals surface area contributed by atoms with Gasteiger partial charge in [-0.2, -0.15) is 0 Å². The molecule has 0 N–H and O–H groups in total. The van der Waals surface area contributed by atoms with Crippen LogP contribution in [-0.2, 0) is 14.3 Å². The van der Waals surface area contributed by atoms with Crippen molar-refractivity contribution in [2.45, 2.75) is 12.8 Å². The summed E-state index contributed by atoms with van der Waals surface area (Å²) in [6, 6.07) is 19.6. The minimum absolute atomic E-state index is 0.00312. The summed E-state index contributed by atoms with van der Waals surface area (Å²) in [4.78, 5) is 26.7. The lowest BCUT2D eigenvalue weighted by Gasteiger charge is -2.31. The molecule has 4 nitrogen and oxygen atoms in total. The summed E-state index contributed by atoms with van der Waals surface area (Å²) in [6.07, 6.45) is 3.22. The molecule has 4 heteroatoms. The smallest absolute Gasteiger partial charge is 0.308 e. The molecule has 0 spiro atoms. The molecule has 1 saturated heterocycles. The summed E-state index contributed by atoms with van der Waals surface area (Å²) in [5, 5.41) is 0. The zero-order chi connectivity index (χ0) is 18.4. The second-order valence-electron chi connectivity index (χ2n) is 6.42. The molecule has 0 saturated carbocycles. The van der Waals surface area contributed by atoms with E-state index in [1.54, 1.807) is 0 Å². The van der Waals surface area contributed by atoms with Crippen LogP contribution in [0.5, 0.6) is 0 Å². The molecule has 0 unspecified atom stereocenters. The quantitative estimate of drug-likeness (QED) is 0.481. The second-order valence-corrected chi connectivity index (χ2v) is 6.42. The van der Waals surface area contributed by atoms with Crippen molar-refractivity contribution in [3.8, 4) is 0 Å². The van der Waals surface area contributed by atoms with Crippen molar-refractivity contribution in [1.82, 2.24) is 4.90 Å². The molecule has 0 aromatic heterocycles. The first-order chi connectivity index (χ1) is 12.7. The van der Waals surface area contributed by atoms with Gasteiger partial charge in [-0.15, -0.1) is 0 Å². The molecule has 1 aliphatic heterocycles. The van der Waals surface area contributed by atoms with E-state index in [0.717, 1.165) is 11.1 Å². The van der Waals surface area contributed by atoms with Crippen molar-refractivity contribution in [2.24, 2.45) is 5.92 Å². The van der Waals surface area contributed by atoms with E-state index in [9.17, 15) is 9.59 Å². The Morgan fingerprint density at radius 1 is 0.962 bits per heavy atom. The van der Waals surface area contributed by atoms with Crippen LogP contribution in [0, 0.1) is 5.92 Å². The fourth-order valence-corrected chi connectivity index (χ4v) is 3.26. The van der Waals surface area contributed by atoms with Gasteiger partial charge in [0.05, 0.1) is 13.0 Å². The maximum absolute atomic E-state index is 13.2. The Morgan fingerprint density at radius 3 is 2.12 bits per heavy atom. The summed E-state index contributed by atoms with van der Waals surface area (Å²) in [5.41, 5.74) is 2.56. The molecule has 1 amide bonds. The number of hydrogen-bond acceptors (Lipinski definition) is 3. The highest BCUT2D eigenvalue weighted by molar-refractivity contribution is 6.24. The van der Waals surface area contributed by atoms with Crippen LogP contribution >= 0.6 is 0 Å². The first kappa shape index (κ1) is 17.9. The molecule has 0 atom stereocenters. The van der Waals surface area contributed by atoms with Crippen LogP contribution in [0.3, 0.4) is 0 Å². The third-order valence-electron chi connectivity index (χ3n) is 4.74. The number of hydrogen-bond donors (Lipinski definition) is 0. The average Bonchev–Trinajstić information content (AvgIpc) is 2.72. The molecule has 134 valence electrons. The Kier molecular flexibility index (Phi) is 5.84. The number of ether oxygens (including phenoxy) is 1. The van der Waals surface area contributed by atoms with Gasteiger partial charge in [0.1, 0.15) is 0 Å². The van der Waals surface area contributed by atoms with Crippen molar-refractivity contribution in [3.63, 3.8) is 0 Å². The molecular formula is C22H23NO3. The van der Waals surface area contributed by atoms with Crippen LogP contribution in [0.1, 0.15) is 24.0 Å². The Hall–Kier alpha value is -2.88. The number of piperidine rings is 1. The Morgan fingerprint density at radius 2 is 1.54 bits per heavy atom. The van der Waals surface area contributed by atoms with Gasteiger partial charge in [-0.1, -0.05) is 60.7 Å². The maximum atomic E-state index is 13.2. The van der Waals surface area contributed by atoms with Crippen LogP contribution in [0.2, 0.25) is 0 Å². The lowest BCUT2D eigenvalue weighted by molar-refractivity contribution is -0.148. The van der Waals surface area contributed by atoms with E-state index < -0.39 is 0 Å². The van der Waals surface area contributed by atoms with Crippen molar-refractivity contribution in [1.29, 1.82) is 0 Å². The van der Waals surface area contributed by atoms with Crippen molar-refractivity contribution in [3.05, 3.63) is 71.8 Å². The summed E-state index contributed by atoms with van der Waals surface area (Å²) in [5.74, 6) is -0.286. The molecule has 3 rings (SSSR count). The van der Waals surface area contributed by atoms with Gasteiger partial charge in [-0.25, -0.2) is 0 Å². The first-order valence-electron chi connectivity index (χ1n) is 8.88. The van der Waals surface area contributed by atoms with Crippen molar-refractivity contribution < 1.29 is 14.3 Å². The first-order valence-corrected chi connectivity index (χ1v) is 8.88. The number of likely N-dealkylation sites (tertiary alicyclic amines) is 1. The molecule has 2 aromatic carbocycles. The number of esters is 1. The third-order valence-corrected chi connectivity index (χ3v) is 4.74. The lowest BCUT2D eigenvalue weighted by atomic mass is 9.95. The highest BCUT2D eigenvalue weighted by Gasteiger charge is 2.29. The fourth-order valence-electron chi connectivity index (χ4n) is 3.26. The van der Waals surface area contributed by atoms with E-state index in [1.807, 2.05) is 71.6 Å². The van der Waals surface area contributed by atoms with E-state index in [1.165, 1.54) is 7.11 Å². The lowest BCUT2D eigenvalue weighted by Crippen LogP contribution is -2.40. The van der Waals surface area contributed by atoms with Crippen LogP contribution < -0.4 is 0 Å². The minimum Gasteiger partial charge on any atom is -0.469 e. The highest BCUT2D eigenvalue weighted by atomic mass is 16.5. The van der Waals surface area contributed by atoms with Crippen LogP contribution in [-0.4, -0.2) is 37.0 Å². The largest absolute Gasteiger partial charge is 0.469 e. The average molecular weight is 349 g/mol. The molecule has 1 heterocycles. The molecule has 0 radical (unpaired) electrons. The molecule has 0 bridgehead atoms. The van der Waals surface area contributed by atoms with E-state index in [0.29, 0.717) is 31.5 Å². The van der Waals surface area contributed by atoms with Crippen molar-refractivity contribution >= 4 is 23.5 Å². The summed E-state index contributed by atoms with van der Waals surface area (Å²) >= 11 is 0. The molecule has 2 aromatic rings. The third kappa shape index (κ3) is 4.20. The number of rotatable bonds is 4. The summed E-state index contributed by atoms with van der Waals surface area (Å²) in [6.45, 7) is 1.13. The summed E-state index contributed by atoms with van der Waals surface area (Å²) in [7, 11) is 1.41. The number of carbonyl (C=O) groups excluding carboxylic acids is 2. The SMILES string of the molecule is COC(=O)C1CCN(C(=O)C(=Cc2ccccc2)c2ccccc2)CC1. The number of carbonyl (C=O) groups is 2. The predicted octanol–water partition coefficient (Wildman–Crippen LogP) is 3.64. The topological polar surface area (TPSA) is 46.6 Å². The Labute approximate surface area is 154 Å². The molecule has 1 aliphatic rings. The van der Waals surface area contributed by atoms with E-state index in [-0.39, 0.29) is 17.8 Å². The number of amides is 1. The van der Waals surface area contributed by atoms with Gasteiger partial charge in [-0.05, 0) is 30.0 Å². The van der Waals surface area contributed by atoms with Gasteiger partial charge in [0, 0.05) is 18.7 Å². The second kappa shape index (κ2) is 8.48. The van der Waals surface area contributed by atoms with Crippen molar-refractivity contribution in [2.75, 3.05) is 20.2 Å². The normalized spacial score (nSPS) is 15.6. The van der Waals surface area contributed by atoms with E-state index in [2.05, 4.69) is 0 Å². The molecule has 26 heavy (non-hydrogen) atoms. The molecule has 0 aliphatic carbocycles. The zero-order valence-corrected chi connectivity index (χ0v) is 14.9. The van der Waals surface area contributed by atoms with Gasteiger partial charge < -0.3 is 9.64 Å². The standard InChI is InChI=1S/C22H23NO3/c1-26-22(25)19-12-14-23(15-13-19)21(24)20(18-10-6-3-7-11-18)16-17-8-4-2-5-9-17/h2-11,16,19H,12-15H2,1H3. The number of benzene rings is 2. The zero-order valence-electron chi connectivity index (χ0n) is 14.9.